The molecule has 0 fully saturated rings. The third-order valence-corrected chi connectivity index (χ3v) is 3.60. The highest BCUT2D eigenvalue weighted by atomic mass is 16.5. The molecule has 3 aromatic rings. The Morgan fingerprint density at radius 1 is 1.43 bits per heavy atom. The van der Waals surface area contributed by atoms with Crippen LogP contribution in [0.5, 0.6) is 0 Å². The van der Waals surface area contributed by atoms with Crippen LogP contribution in [0.2, 0.25) is 0 Å². The number of fused-ring (bicyclic) bond motifs is 1. The fraction of sp³-hybridized carbons (Fsp3) is 0.267. The highest BCUT2D eigenvalue weighted by Gasteiger charge is 2.19. The highest BCUT2D eigenvalue weighted by molar-refractivity contribution is 6.05. The van der Waals surface area contributed by atoms with Crippen LogP contribution in [0.3, 0.4) is 0 Å². The van der Waals surface area contributed by atoms with Gasteiger partial charge in [-0.25, -0.2) is 4.98 Å². The second-order valence-corrected chi connectivity index (χ2v) is 5.07. The number of amides is 1. The molecular weight excluding hydrogens is 268 g/mol. The molecule has 0 radical (unpaired) electrons. The Hall–Kier alpha value is -2.63. The van der Waals surface area contributed by atoms with E-state index in [0.717, 1.165) is 22.4 Å². The Morgan fingerprint density at radius 3 is 2.95 bits per heavy atom. The van der Waals surface area contributed by atoms with Gasteiger partial charge in [0, 0.05) is 30.4 Å². The van der Waals surface area contributed by atoms with Crippen molar-refractivity contribution < 1.29 is 9.32 Å². The number of nitrogens with zero attached hydrogens (tertiary/aromatic N) is 3. The molecule has 0 saturated carbocycles. The average Bonchev–Trinajstić information content (AvgIpc) is 3.05. The number of hydrogen-bond acceptors (Lipinski definition) is 4. The topological polar surface area (TPSA) is 75.0 Å². The number of H-pyrrole nitrogens is 1. The van der Waals surface area contributed by atoms with Crippen LogP contribution in [-0.4, -0.2) is 33.0 Å². The summed E-state index contributed by atoms with van der Waals surface area (Å²) in [5, 5.41) is 4.74. The minimum Gasteiger partial charge on any atom is -0.361 e. The van der Waals surface area contributed by atoms with Crippen LogP contribution in [0.25, 0.3) is 11.0 Å². The molecule has 0 spiro atoms. The molecule has 0 aliphatic heterocycles. The third kappa shape index (κ3) is 2.29. The van der Waals surface area contributed by atoms with Crippen molar-refractivity contribution in [1.29, 1.82) is 0 Å². The van der Waals surface area contributed by atoms with Gasteiger partial charge in [0.1, 0.15) is 11.4 Å². The van der Waals surface area contributed by atoms with Crippen molar-refractivity contribution in [1.82, 2.24) is 20.0 Å². The summed E-state index contributed by atoms with van der Waals surface area (Å²) in [5.41, 5.74) is 3.09. The van der Waals surface area contributed by atoms with Gasteiger partial charge in [-0.3, -0.25) is 4.79 Å². The Labute approximate surface area is 121 Å². The number of pyridine rings is 1. The van der Waals surface area contributed by atoms with Gasteiger partial charge in [0.2, 0.25) is 0 Å². The summed E-state index contributed by atoms with van der Waals surface area (Å²) in [6, 6.07) is 3.71. The van der Waals surface area contributed by atoms with Crippen LogP contribution < -0.4 is 0 Å². The van der Waals surface area contributed by atoms with Gasteiger partial charge in [0.25, 0.3) is 5.91 Å². The summed E-state index contributed by atoms with van der Waals surface area (Å²) in [7, 11) is 1.77. The summed E-state index contributed by atoms with van der Waals surface area (Å²) < 4.78 is 5.13. The van der Waals surface area contributed by atoms with Gasteiger partial charge >= 0.3 is 0 Å². The van der Waals surface area contributed by atoms with Gasteiger partial charge in [-0.05, 0) is 26.0 Å². The molecule has 108 valence electrons. The Bertz CT molecular complexity index is 783. The molecule has 0 bridgehead atoms. The molecule has 1 N–H and O–H groups in total. The van der Waals surface area contributed by atoms with E-state index >= 15 is 0 Å². The summed E-state index contributed by atoms with van der Waals surface area (Å²) >= 11 is 0. The maximum atomic E-state index is 12.6. The first-order chi connectivity index (χ1) is 10.1. The number of hydrogen-bond donors (Lipinski definition) is 1. The van der Waals surface area contributed by atoms with Crippen molar-refractivity contribution in [2.75, 3.05) is 7.05 Å². The van der Waals surface area contributed by atoms with Crippen LogP contribution in [0.1, 0.15) is 27.4 Å². The molecule has 3 rings (SSSR count). The van der Waals surface area contributed by atoms with Gasteiger partial charge in [0.05, 0.1) is 17.8 Å². The molecule has 0 aromatic carbocycles. The first-order valence-electron chi connectivity index (χ1n) is 6.67. The number of nitrogens with one attached hydrogen (secondary N) is 1. The fourth-order valence-electron chi connectivity index (χ4n) is 2.38. The predicted molar refractivity (Wildman–Crippen MR) is 77.9 cm³/mol. The van der Waals surface area contributed by atoms with Crippen LogP contribution in [0.4, 0.5) is 0 Å². The third-order valence-electron chi connectivity index (χ3n) is 3.60. The van der Waals surface area contributed by atoms with Gasteiger partial charge in [-0.15, -0.1) is 0 Å². The zero-order valence-electron chi connectivity index (χ0n) is 12.2. The number of carbonyl (C=O) groups excluding carboxylic acids is 1. The largest absolute Gasteiger partial charge is 0.361 e. The van der Waals surface area contributed by atoms with E-state index in [2.05, 4.69) is 15.1 Å². The van der Waals surface area contributed by atoms with E-state index in [9.17, 15) is 4.79 Å². The van der Waals surface area contributed by atoms with Crippen LogP contribution >= 0.6 is 0 Å². The van der Waals surface area contributed by atoms with Crippen molar-refractivity contribution in [2.24, 2.45) is 0 Å². The van der Waals surface area contributed by atoms with Gasteiger partial charge in [-0.1, -0.05) is 5.16 Å². The van der Waals surface area contributed by atoms with E-state index in [0.29, 0.717) is 17.8 Å². The smallest absolute Gasteiger partial charge is 0.256 e. The first kappa shape index (κ1) is 13.4. The molecule has 6 heteroatoms. The molecule has 0 aliphatic carbocycles. The Morgan fingerprint density at radius 2 is 2.24 bits per heavy atom. The van der Waals surface area contributed by atoms with Crippen molar-refractivity contribution >= 4 is 16.9 Å². The van der Waals surface area contributed by atoms with Gasteiger partial charge < -0.3 is 14.4 Å². The molecule has 6 nitrogen and oxygen atoms in total. The standard InChI is InChI=1S/C15H16N4O2/c1-9-13(10(2)21-18-9)8-19(3)15(20)12-7-17-14-11(12)5-4-6-16-14/h4-7H,8H2,1-3H3,(H,16,17). The minimum absolute atomic E-state index is 0.0609. The summed E-state index contributed by atoms with van der Waals surface area (Å²) in [4.78, 5) is 21.5. The lowest BCUT2D eigenvalue weighted by Gasteiger charge is -2.16. The molecule has 0 saturated heterocycles. The van der Waals surface area contributed by atoms with E-state index in [4.69, 9.17) is 4.52 Å². The van der Waals surface area contributed by atoms with Crippen LogP contribution in [0.15, 0.2) is 29.0 Å². The molecule has 0 atom stereocenters. The molecule has 1 amide bonds. The van der Waals surface area contributed by atoms with Crippen LogP contribution in [-0.2, 0) is 6.54 Å². The monoisotopic (exact) mass is 284 g/mol. The van der Waals surface area contributed by atoms with E-state index in [1.807, 2.05) is 26.0 Å². The predicted octanol–water partition coefficient (Wildman–Crippen LogP) is 2.44. The number of aryl methyl sites for hydroxylation is 2. The van der Waals surface area contributed by atoms with Gasteiger partial charge in [-0.2, -0.15) is 0 Å². The maximum Gasteiger partial charge on any atom is 0.256 e. The summed E-state index contributed by atoms with van der Waals surface area (Å²) in [6.45, 7) is 4.19. The lowest BCUT2D eigenvalue weighted by molar-refractivity contribution is 0.0786. The van der Waals surface area contributed by atoms with Gasteiger partial charge in [0.15, 0.2) is 0 Å². The van der Waals surface area contributed by atoms with Crippen molar-refractivity contribution in [3.8, 4) is 0 Å². The molecule has 21 heavy (non-hydrogen) atoms. The first-order valence-corrected chi connectivity index (χ1v) is 6.67. The number of carbonyl (C=O) groups is 1. The molecule has 3 heterocycles. The number of aromatic amines is 1. The quantitative estimate of drug-likeness (QED) is 0.801. The average molecular weight is 284 g/mol. The van der Waals surface area contributed by atoms with E-state index < -0.39 is 0 Å². The number of aromatic nitrogens is 3. The normalized spacial score (nSPS) is 11.0. The van der Waals surface area contributed by atoms with E-state index in [1.54, 1.807) is 24.3 Å². The second-order valence-electron chi connectivity index (χ2n) is 5.07. The van der Waals surface area contributed by atoms with E-state index in [-0.39, 0.29) is 5.91 Å². The van der Waals surface area contributed by atoms with Crippen LogP contribution in [0, 0.1) is 13.8 Å². The number of rotatable bonds is 3. The SMILES string of the molecule is Cc1noc(C)c1CN(C)C(=O)c1c[nH]c2ncccc12. The lowest BCUT2D eigenvalue weighted by Crippen LogP contribution is -2.26. The Balaban J connectivity index is 1.88. The summed E-state index contributed by atoms with van der Waals surface area (Å²) in [5.74, 6) is 0.682. The van der Waals surface area contributed by atoms with Crippen molar-refractivity contribution in [3.63, 3.8) is 0 Å². The van der Waals surface area contributed by atoms with Crippen molar-refractivity contribution in [3.05, 3.63) is 47.1 Å². The van der Waals surface area contributed by atoms with Crippen molar-refractivity contribution in [2.45, 2.75) is 20.4 Å². The molecule has 3 aromatic heterocycles. The maximum absolute atomic E-state index is 12.6. The lowest BCUT2D eigenvalue weighted by atomic mass is 10.1. The second kappa shape index (κ2) is 5.05. The molecular formula is C15H16N4O2. The zero-order chi connectivity index (χ0) is 15.0. The van der Waals surface area contributed by atoms with E-state index in [1.165, 1.54) is 0 Å². The minimum atomic E-state index is -0.0609. The molecule has 0 unspecified atom stereocenters. The summed E-state index contributed by atoms with van der Waals surface area (Å²) in [6.07, 6.45) is 3.39. The molecule has 0 aliphatic rings. The fourth-order valence-corrected chi connectivity index (χ4v) is 2.38. The zero-order valence-corrected chi connectivity index (χ0v) is 12.2. The Kier molecular flexibility index (Phi) is 3.21. The highest BCUT2D eigenvalue weighted by Crippen LogP contribution is 2.20.